The number of hydrogen-bond acceptors (Lipinski definition) is 1. The first-order valence-corrected chi connectivity index (χ1v) is 12.0. The van der Waals surface area contributed by atoms with Crippen molar-refractivity contribution in [2.24, 2.45) is 0 Å². The molecule has 1 aromatic heterocycles. The van der Waals surface area contributed by atoms with Crippen molar-refractivity contribution in [2.45, 2.75) is 0 Å². The van der Waals surface area contributed by atoms with Crippen LogP contribution in [0.4, 0.5) is 11.4 Å². The smallest absolute Gasteiger partial charge is 0.0778 e. The van der Waals surface area contributed by atoms with Gasteiger partial charge in [0.15, 0.2) is 0 Å². The van der Waals surface area contributed by atoms with Gasteiger partial charge in [0.1, 0.15) is 0 Å². The van der Waals surface area contributed by atoms with Crippen molar-refractivity contribution < 1.29 is 0 Å². The third-order valence-electron chi connectivity index (χ3n) is 7.15. The summed E-state index contributed by atoms with van der Waals surface area (Å²) in [6.45, 7) is 0. The van der Waals surface area contributed by atoms with Gasteiger partial charge >= 0.3 is 0 Å². The molecule has 0 amide bonds. The first-order chi connectivity index (χ1) is 17.3. The average molecular weight is 449 g/mol. The first kappa shape index (κ1) is 19.9. The Morgan fingerprint density at radius 2 is 1.23 bits per heavy atom. The van der Waals surface area contributed by atoms with Crippen molar-refractivity contribution in [1.82, 2.24) is 4.57 Å². The number of aromatic nitrogens is 1. The zero-order chi connectivity index (χ0) is 23.4. The van der Waals surface area contributed by atoms with Crippen molar-refractivity contribution in [1.29, 1.82) is 0 Å². The van der Waals surface area contributed by atoms with Crippen LogP contribution in [0.3, 0.4) is 0 Å². The third kappa shape index (κ3) is 3.04. The van der Waals surface area contributed by atoms with Crippen LogP contribution >= 0.6 is 0 Å². The van der Waals surface area contributed by atoms with Gasteiger partial charge in [-0.15, -0.1) is 0 Å². The van der Waals surface area contributed by atoms with E-state index in [0.717, 1.165) is 0 Å². The largest absolute Gasteiger partial charge is 0.343 e. The summed E-state index contributed by atoms with van der Waals surface area (Å²) < 4.78 is 2.44. The summed E-state index contributed by atoms with van der Waals surface area (Å²) in [6.07, 6.45) is 0. The van der Waals surface area contributed by atoms with Gasteiger partial charge in [0, 0.05) is 29.2 Å². The predicted molar refractivity (Wildman–Crippen MR) is 150 cm³/mol. The Balaban J connectivity index is 1.64. The van der Waals surface area contributed by atoms with Crippen LogP contribution in [0.5, 0.6) is 0 Å². The van der Waals surface area contributed by atoms with Gasteiger partial charge in [0.2, 0.25) is 0 Å². The molecule has 2 nitrogen and oxygen atoms in total. The molecule has 0 fully saturated rings. The van der Waals surface area contributed by atoms with E-state index in [0.29, 0.717) is 0 Å². The first-order valence-electron chi connectivity index (χ1n) is 12.0. The molecule has 166 valence electrons. The van der Waals surface area contributed by atoms with E-state index in [1.54, 1.807) is 0 Å². The van der Waals surface area contributed by atoms with E-state index in [9.17, 15) is 0 Å². The molecular formula is C33H24N2. The maximum Gasteiger partial charge on any atom is 0.0778 e. The second kappa shape index (κ2) is 7.75. The highest BCUT2D eigenvalue weighted by Crippen LogP contribution is 2.42. The van der Waals surface area contributed by atoms with E-state index in [2.05, 4.69) is 144 Å². The van der Waals surface area contributed by atoms with Crippen LogP contribution in [0, 0.1) is 0 Å². The monoisotopic (exact) mass is 448 g/mol. The molecule has 0 atom stereocenters. The zero-order valence-electron chi connectivity index (χ0n) is 19.5. The van der Waals surface area contributed by atoms with Crippen LogP contribution in [-0.4, -0.2) is 11.6 Å². The second-order valence-electron chi connectivity index (χ2n) is 9.12. The van der Waals surface area contributed by atoms with E-state index in [1.807, 2.05) is 0 Å². The lowest BCUT2D eigenvalue weighted by Crippen LogP contribution is -2.11. The molecule has 7 aromatic rings. The standard InChI is InChI=1S/C33H24N2/c1-34(26-13-3-2-4-14-26)31-17-9-16-29-32-28-15-8-7-11-24(28)19-21-30(32)35(33(29)31)27-20-18-23-10-5-6-12-25(23)22-27/h2-22H,1H3. The number of benzene rings is 6. The van der Waals surface area contributed by atoms with Gasteiger partial charge in [-0.1, -0.05) is 91.0 Å². The summed E-state index contributed by atoms with van der Waals surface area (Å²) in [4.78, 5) is 2.29. The number of hydrogen-bond donors (Lipinski definition) is 0. The molecule has 0 spiro atoms. The van der Waals surface area contributed by atoms with Gasteiger partial charge in [-0.2, -0.15) is 0 Å². The molecule has 6 aromatic carbocycles. The number of anilines is 2. The lowest BCUT2D eigenvalue weighted by molar-refractivity contribution is 1.15. The molecule has 0 N–H and O–H groups in total. The fourth-order valence-corrected chi connectivity index (χ4v) is 5.46. The summed E-state index contributed by atoms with van der Waals surface area (Å²) >= 11 is 0. The average Bonchev–Trinajstić information content (AvgIpc) is 3.28. The van der Waals surface area contributed by atoms with Gasteiger partial charge in [-0.3, -0.25) is 0 Å². The normalized spacial score (nSPS) is 11.6. The number of para-hydroxylation sites is 2. The van der Waals surface area contributed by atoms with Crippen molar-refractivity contribution >= 4 is 54.7 Å². The summed E-state index contributed by atoms with van der Waals surface area (Å²) in [6, 6.07) is 45.9. The van der Waals surface area contributed by atoms with Crippen LogP contribution < -0.4 is 4.90 Å². The lowest BCUT2D eigenvalue weighted by atomic mass is 10.0. The molecule has 0 saturated carbocycles. The second-order valence-corrected chi connectivity index (χ2v) is 9.12. The van der Waals surface area contributed by atoms with E-state index in [4.69, 9.17) is 0 Å². The summed E-state index contributed by atoms with van der Waals surface area (Å²) in [5.74, 6) is 0. The van der Waals surface area contributed by atoms with Crippen LogP contribution in [-0.2, 0) is 0 Å². The Morgan fingerprint density at radius 3 is 2.09 bits per heavy atom. The topological polar surface area (TPSA) is 8.17 Å². The van der Waals surface area contributed by atoms with Crippen LogP contribution in [0.2, 0.25) is 0 Å². The Labute approximate surface area is 204 Å². The molecule has 7 rings (SSSR count). The Kier molecular flexibility index (Phi) is 4.40. The van der Waals surface area contributed by atoms with Gasteiger partial charge < -0.3 is 9.47 Å². The van der Waals surface area contributed by atoms with Crippen molar-refractivity contribution in [3.8, 4) is 5.69 Å². The molecule has 0 radical (unpaired) electrons. The molecule has 35 heavy (non-hydrogen) atoms. The van der Waals surface area contributed by atoms with E-state index >= 15 is 0 Å². The predicted octanol–water partition coefficient (Wildman–Crippen LogP) is 8.86. The van der Waals surface area contributed by atoms with Crippen molar-refractivity contribution in [2.75, 3.05) is 11.9 Å². The molecule has 0 aliphatic rings. The van der Waals surface area contributed by atoms with Crippen LogP contribution in [0.15, 0.2) is 127 Å². The fraction of sp³-hybridized carbons (Fsp3) is 0.0303. The van der Waals surface area contributed by atoms with E-state index in [1.165, 1.54) is 60.4 Å². The zero-order valence-corrected chi connectivity index (χ0v) is 19.5. The highest BCUT2D eigenvalue weighted by Gasteiger charge is 2.19. The molecule has 0 aliphatic heterocycles. The third-order valence-corrected chi connectivity index (χ3v) is 7.15. The molecule has 0 unspecified atom stereocenters. The Morgan fingerprint density at radius 1 is 0.543 bits per heavy atom. The Bertz CT molecular complexity index is 1860. The van der Waals surface area contributed by atoms with Crippen molar-refractivity contribution in [3.63, 3.8) is 0 Å². The summed E-state index contributed by atoms with van der Waals surface area (Å²) in [5, 5.41) is 7.62. The lowest BCUT2D eigenvalue weighted by Gasteiger charge is -2.22. The minimum absolute atomic E-state index is 1.17. The minimum Gasteiger partial charge on any atom is -0.343 e. The van der Waals surface area contributed by atoms with Crippen LogP contribution in [0.1, 0.15) is 0 Å². The summed E-state index contributed by atoms with van der Waals surface area (Å²) in [7, 11) is 2.16. The molecule has 0 aliphatic carbocycles. The fourth-order valence-electron chi connectivity index (χ4n) is 5.46. The van der Waals surface area contributed by atoms with E-state index in [-0.39, 0.29) is 0 Å². The van der Waals surface area contributed by atoms with E-state index < -0.39 is 0 Å². The van der Waals surface area contributed by atoms with Gasteiger partial charge in [0.05, 0.1) is 16.7 Å². The number of rotatable bonds is 3. The molecule has 0 saturated heterocycles. The molecule has 2 heteroatoms. The molecular weight excluding hydrogens is 424 g/mol. The maximum atomic E-state index is 2.44. The number of fused-ring (bicyclic) bond motifs is 6. The molecule has 0 bridgehead atoms. The highest BCUT2D eigenvalue weighted by molar-refractivity contribution is 6.23. The molecule has 1 heterocycles. The SMILES string of the molecule is CN(c1ccccc1)c1cccc2c3c4ccccc4ccc3n(-c3ccc4ccccc4c3)c12. The maximum absolute atomic E-state index is 2.44. The van der Waals surface area contributed by atoms with Gasteiger partial charge in [-0.05, 0) is 57.9 Å². The van der Waals surface area contributed by atoms with Gasteiger partial charge in [0.25, 0.3) is 0 Å². The summed E-state index contributed by atoms with van der Waals surface area (Å²) in [5.41, 5.74) is 5.97. The quantitative estimate of drug-likeness (QED) is 0.262. The minimum atomic E-state index is 1.17. The van der Waals surface area contributed by atoms with Gasteiger partial charge in [-0.25, -0.2) is 0 Å². The highest BCUT2D eigenvalue weighted by atomic mass is 15.1. The van der Waals surface area contributed by atoms with Crippen LogP contribution in [0.25, 0.3) is 49.0 Å². The van der Waals surface area contributed by atoms with Crippen molar-refractivity contribution in [3.05, 3.63) is 127 Å². The number of nitrogens with zero attached hydrogens (tertiary/aromatic N) is 2. The Hall–Kier alpha value is -4.56.